The summed E-state index contributed by atoms with van der Waals surface area (Å²) >= 11 is 0. The van der Waals surface area contributed by atoms with Gasteiger partial charge in [0.05, 0.1) is 18.4 Å². The number of rotatable bonds is 4. The minimum absolute atomic E-state index is 0. The Labute approximate surface area is 149 Å². The Hall–Kier alpha value is -1.15. The van der Waals surface area contributed by atoms with Crippen LogP contribution in [0.3, 0.4) is 0 Å². The predicted molar refractivity (Wildman–Crippen MR) is 93.8 cm³/mol. The molecule has 1 aromatic rings. The predicted octanol–water partition coefficient (Wildman–Crippen LogP) is 1.55. The summed E-state index contributed by atoms with van der Waals surface area (Å²) in [5, 5.41) is 3.31. The molecule has 134 valence electrons. The van der Waals surface area contributed by atoms with Crippen molar-refractivity contribution in [3.05, 3.63) is 35.4 Å². The van der Waals surface area contributed by atoms with Crippen LogP contribution in [0.5, 0.6) is 0 Å². The van der Waals surface area contributed by atoms with Gasteiger partial charge in [0.1, 0.15) is 0 Å². The summed E-state index contributed by atoms with van der Waals surface area (Å²) in [4.78, 5) is 11.6. The molecule has 2 fully saturated rings. The molecule has 1 N–H and O–H groups in total. The second kappa shape index (κ2) is 7.82. The fourth-order valence-electron chi connectivity index (χ4n) is 3.58. The fourth-order valence-corrected chi connectivity index (χ4v) is 5.63. The van der Waals surface area contributed by atoms with E-state index in [1.807, 2.05) is 0 Å². The average Bonchev–Trinajstić information content (AvgIpc) is 2.80. The smallest absolute Gasteiger partial charge is 0.337 e. The van der Waals surface area contributed by atoms with Crippen LogP contribution in [0.25, 0.3) is 0 Å². The molecule has 0 amide bonds. The summed E-state index contributed by atoms with van der Waals surface area (Å²) in [6, 6.07) is 6.81. The van der Waals surface area contributed by atoms with Crippen LogP contribution in [-0.4, -0.2) is 51.0 Å². The molecule has 1 aromatic carbocycles. The van der Waals surface area contributed by atoms with Crippen molar-refractivity contribution in [3.63, 3.8) is 0 Å². The summed E-state index contributed by atoms with van der Waals surface area (Å²) in [5.41, 5.74) is 0.991. The lowest BCUT2D eigenvalue weighted by molar-refractivity contribution is 0.0600. The molecule has 0 aromatic heterocycles. The Morgan fingerprint density at radius 2 is 2.04 bits per heavy atom. The second-order valence-electron chi connectivity index (χ2n) is 6.16. The number of esters is 1. The lowest BCUT2D eigenvalue weighted by atomic mass is 10.1. The molecular weight excluding hydrogens is 352 g/mol. The fraction of sp³-hybridized carbons (Fsp3) is 0.562. The molecule has 2 aliphatic heterocycles. The monoisotopic (exact) mass is 374 g/mol. The zero-order valence-electron chi connectivity index (χ0n) is 13.6. The summed E-state index contributed by atoms with van der Waals surface area (Å²) in [5.74, 6) is -0.534. The third kappa shape index (κ3) is 3.91. The highest BCUT2D eigenvalue weighted by Gasteiger charge is 2.42. The van der Waals surface area contributed by atoms with Gasteiger partial charge in [0.2, 0.25) is 10.0 Å². The van der Waals surface area contributed by atoms with E-state index in [-0.39, 0.29) is 30.2 Å². The van der Waals surface area contributed by atoms with Gasteiger partial charge >= 0.3 is 5.97 Å². The Balaban J connectivity index is 0.00000208. The van der Waals surface area contributed by atoms with Crippen LogP contribution >= 0.6 is 12.4 Å². The van der Waals surface area contributed by atoms with E-state index in [9.17, 15) is 13.2 Å². The minimum atomic E-state index is -3.40. The highest BCUT2D eigenvalue weighted by molar-refractivity contribution is 7.88. The van der Waals surface area contributed by atoms with Crippen molar-refractivity contribution in [2.75, 3.05) is 20.2 Å². The summed E-state index contributed by atoms with van der Waals surface area (Å²) in [7, 11) is -2.09. The average molecular weight is 375 g/mol. The van der Waals surface area contributed by atoms with E-state index in [0.717, 1.165) is 32.4 Å². The zero-order valence-corrected chi connectivity index (χ0v) is 15.2. The van der Waals surface area contributed by atoms with Crippen molar-refractivity contribution in [1.82, 2.24) is 9.62 Å². The van der Waals surface area contributed by atoms with Crippen molar-refractivity contribution >= 4 is 28.4 Å². The molecule has 2 bridgehead atoms. The van der Waals surface area contributed by atoms with Crippen LogP contribution in [0.15, 0.2) is 24.3 Å². The molecule has 0 radical (unpaired) electrons. The number of nitrogens with zero attached hydrogens (tertiary/aromatic N) is 1. The molecule has 8 heteroatoms. The number of sulfonamides is 1. The largest absolute Gasteiger partial charge is 0.465 e. The van der Waals surface area contributed by atoms with Crippen LogP contribution < -0.4 is 5.32 Å². The highest BCUT2D eigenvalue weighted by atomic mass is 35.5. The number of nitrogens with one attached hydrogen (secondary N) is 1. The number of benzene rings is 1. The van der Waals surface area contributed by atoms with Crippen LogP contribution in [0.2, 0.25) is 0 Å². The van der Waals surface area contributed by atoms with E-state index in [1.54, 1.807) is 28.6 Å². The van der Waals surface area contributed by atoms with Crippen molar-refractivity contribution in [2.24, 2.45) is 0 Å². The van der Waals surface area contributed by atoms with Gasteiger partial charge in [-0.2, -0.15) is 4.31 Å². The lowest BCUT2D eigenvalue weighted by Gasteiger charge is -2.27. The highest BCUT2D eigenvalue weighted by Crippen LogP contribution is 2.32. The van der Waals surface area contributed by atoms with Crippen LogP contribution in [0, 0.1) is 0 Å². The molecule has 3 rings (SSSR count). The van der Waals surface area contributed by atoms with Gasteiger partial charge in [-0.25, -0.2) is 13.2 Å². The van der Waals surface area contributed by atoms with E-state index in [4.69, 9.17) is 4.74 Å². The Morgan fingerprint density at radius 1 is 1.29 bits per heavy atom. The normalized spacial score (nSPS) is 24.0. The maximum Gasteiger partial charge on any atom is 0.337 e. The standard InChI is InChI=1S/C16H22N2O4S.ClH/c1-22-16(19)13-4-2-3-12(9-13)11-23(20,21)18-14-5-6-15(18)10-17-8-7-14;/h2-4,9,14-15,17H,5-8,10-11H2,1H3;1H. The summed E-state index contributed by atoms with van der Waals surface area (Å²) in [6.45, 7) is 1.59. The van der Waals surface area contributed by atoms with Crippen molar-refractivity contribution in [3.8, 4) is 0 Å². The lowest BCUT2D eigenvalue weighted by Crippen LogP contribution is -2.43. The van der Waals surface area contributed by atoms with Gasteiger partial charge in [0.25, 0.3) is 0 Å². The van der Waals surface area contributed by atoms with Gasteiger partial charge in [-0.15, -0.1) is 12.4 Å². The Bertz CT molecular complexity index is 681. The number of ether oxygens (including phenoxy) is 1. The number of carbonyl (C=O) groups is 1. The molecule has 0 spiro atoms. The maximum atomic E-state index is 12.9. The van der Waals surface area contributed by atoms with E-state index in [1.165, 1.54) is 7.11 Å². The van der Waals surface area contributed by atoms with Crippen molar-refractivity contribution in [2.45, 2.75) is 37.1 Å². The molecular formula is C16H23ClN2O4S. The van der Waals surface area contributed by atoms with Crippen LogP contribution in [-0.2, 0) is 20.5 Å². The molecule has 2 aliphatic rings. The molecule has 2 heterocycles. The molecule has 6 nitrogen and oxygen atoms in total. The second-order valence-corrected chi connectivity index (χ2v) is 8.03. The number of carbonyl (C=O) groups excluding carboxylic acids is 1. The van der Waals surface area contributed by atoms with Gasteiger partial charge in [-0.3, -0.25) is 0 Å². The maximum absolute atomic E-state index is 12.9. The van der Waals surface area contributed by atoms with Gasteiger partial charge < -0.3 is 10.1 Å². The topological polar surface area (TPSA) is 75.7 Å². The van der Waals surface area contributed by atoms with Gasteiger partial charge in [0, 0.05) is 18.6 Å². The molecule has 2 saturated heterocycles. The van der Waals surface area contributed by atoms with E-state index < -0.39 is 16.0 Å². The number of halogens is 1. The number of hydrogen-bond donors (Lipinski definition) is 1. The summed E-state index contributed by atoms with van der Waals surface area (Å²) < 4.78 is 32.2. The molecule has 0 saturated carbocycles. The number of fused-ring (bicyclic) bond motifs is 2. The summed E-state index contributed by atoms with van der Waals surface area (Å²) in [6.07, 6.45) is 2.71. The van der Waals surface area contributed by atoms with Crippen molar-refractivity contribution in [1.29, 1.82) is 0 Å². The first-order valence-electron chi connectivity index (χ1n) is 7.90. The number of hydrogen-bond acceptors (Lipinski definition) is 5. The van der Waals surface area contributed by atoms with E-state index in [0.29, 0.717) is 11.1 Å². The first-order chi connectivity index (χ1) is 11.0. The van der Waals surface area contributed by atoms with Crippen molar-refractivity contribution < 1.29 is 17.9 Å². The van der Waals surface area contributed by atoms with Gasteiger partial charge in [0.15, 0.2) is 0 Å². The number of methoxy groups -OCH3 is 1. The zero-order chi connectivity index (χ0) is 16.4. The third-order valence-corrected chi connectivity index (χ3v) is 6.54. The molecule has 0 aliphatic carbocycles. The quantitative estimate of drug-likeness (QED) is 0.809. The van der Waals surface area contributed by atoms with Crippen LogP contribution in [0.4, 0.5) is 0 Å². The molecule has 2 unspecified atom stereocenters. The van der Waals surface area contributed by atoms with E-state index >= 15 is 0 Å². The first kappa shape index (κ1) is 19.2. The molecule has 24 heavy (non-hydrogen) atoms. The van der Waals surface area contributed by atoms with E-state index in [2.05, 4.69) is 5.32 Å². The SMILES string of the molecule is COC(=O)c1cccc(CS(=O)(=O)N2C3CCNCC2CC3)c1.Cl. The molecule has 2 atom stereocenters. The Morgan fingerprint density at radius 3 is 2.79 bits per heavy atom. The first-order valence-corrected chi connectivity index (χ1v) is 9.51. The third-order valence-electron chi connectivity index (χ3n) is 4.61. The minimum Gasteiger partial charge on any atom is -0.465 e. The van der Waals surface area contributed by atoms with Crippen LogP contribution in [0.1, 0.15) is 35.2 Å². The van der Waals surface area contributed by atoms with Gasteiger partial charge in [-0.05, 0) is 43.5 Å². The Kier molecular flexibility index (Phi) is 6.25. The van der Waals surface area contributed by atoms with Gasteiger partial charge in [-0.1, -0.05) is 12.1 Å².